The van der Waals surface area contributed by atoms with Crippen molar-refractivity contribution in [3.05, 3.63) is 30.2 Å². The molecule has 0 aliphatic rings. The number of hydrogen-bond acceptors (Lipinski definition) is 5. The topological polar surface area (TPSA) is 69.6 Å². The van der Waals surface area contributed by atoms with Crippen LogP contribution in [-0.2, 0) is 13.5 Å². The predicted octanol–water partition coefficient (Wildman–Crippen LogP) is 1.25. The molecule has 17 heavy (non-hydrogen) atoms. The van der Waals surface area contributed by atoms with E-state index in [9.17, 15) is 0 Å². The Balaban J connectivity index is 2.06. The molecule has 0 aromatic carbocycles. The highest BCUT2D eigenvalue weighted by Crippen LogP contribution is 2.23. The standard InChI is InChI=1S/C11H15N5S/c1-8(12)5-9-3-4-10(13-6-9)17-11-15-14-7-16(11)2/h3-4,6-8H,5,12H2,1-2H3. The van der Waals surface area contributed by atoms with Gasteiger partial charge in [0, 0.05) is 19.3 Å². The van der Waals surface area contributed by atoms with E-state index >= 15 is 0 Å². The van der Waals surface area contributed by atoms with E-state index in [2.05, 4.69) is 21.2 Å². The third-order valence-corrected chi connectivity index (χ3v) is 3.22. The average molecular weight is 249 g/mol. The van der Waals surface area contributed by atoms with E-state index in [1.165, 1.54) is 11.8 Å². The minimum absolute atomic E-state index is 0.161. The second-order valence-electron chi connectivity index (χ2n) is 4.01. The van der Waals surface area contributed by atoms with E-state index < -0.39 is 0 Å². The van der Waals surface area contributed by atoms with Gasteiger partial charge in [-0.05, 0) is 36.7 Å². The molecule has 0 saturated carbocycles. The van der Waals surface area contributed by atoms with Gasteiger partial charge in [-0.2, -0.15) is 0 Å². The Kier molecular flexibility index (Phi) is 3.75. The van der Waals surface area contributed by atoms with Crippen LogP contribution in [0.15, 0.2) is 34.8 Å². The Morgan fingerprint density at radius 3 is 2.82 bits per heavy atom. The molecule has 2 heterocycles. The average Bonchev–Trinajstić information content (AvgIpc) is 2.67. The van der Waals surface area contributed by atoms with Gasteiger partial charge in [0.1, 0.15) is 11.4 Å². The van der Waals surface area contributed by atoms with E-state index in [4.69, 9.17) is 5.73 Å². The van der Waals surface area contributed by atoms with Gasteiger partial charge < -0.3 is 10.3 Å². The first kappa shape index (κ1) is 12.1. The van der Waals surface area contributed by atoms with Gasteiger partial charge in [0.05, 0.1) is 0 Å². The molecule has 0 amide bonds. The molecule has 90 valence electrons. The summed E-state index contributed by atoms with van der Waals surface area (Å²) in [6.07, 6.45) is 4.39. The predicted molar refractivity (Wildman–Crippen MR) is 66.7 cm³/mol. The van der Waals surface area contributed by atoms with Crippen LogP contribution in [0.1, 0.15) is 12.5 Å². The van der Waals surface area contributed by atoms with Crippen molar-refractivity contribution in [3.63, 3.8) is 0 Å². The molecule has 6 heteroatoms. The lowest BCUT2D eigenvalue weighted by molar-refractivity contribution is 0.733. The minimum Gasteiger partial charge on any atom is -0.328 e. The van der Waals surface area contributed by atoms with Crippen LogP contribution >= 0.6 is 11.8 Å². The summed E-state index contributed by atoms with van der Waals surface area (Å²) in [7, 11) is 1.91. The molecular weight excluding hydrogens is 234 g/mol. The monoisotopic (exact) mass is 249 g/mol. The highest BCUT2D eigenvalue weighted by Gasteiger charge is 2.05. The number of nitrogens with two attached hydrogens (primary N) is 1. The van der Waals surface area contributed by atoms with Crippen LogP contribution in [0.2, 0.25) is 0 Å². The van der Waals surface area contributed by atoms with Crippen LogP contribution < -0.4 is 5.73 Å². The molecule has 0 bridgehead atoms. The quantitative estimate of drug-likeness (QED) is 0.883. The summed E-state index contributed by atoms with van der Waals surface area (Å²) in [4.78, 5) is 4.37. The van der Waals surface area contributed by atoms with Crippen LogP contribution in [-0.4, -0.2) is 25.8 Å². The molecule has 0 aliphatic heterocycles. The Hall–Kier alpha value is -1.40. The number of rotatable bonds is 4. The second-order valence-corrected chi connectivity index (χ2v) is 5.00. The van der Waals surface area contributed by atoms with E-state index in [0.717, 1.165) is 22.2 Å². The Bertz CT molecular complexity index is 477. The highest BCUT2D eigenvalue weighted by molar-refractivity contribution is 7.99. The zero-order valence-electron chi connectivity index (χ0n) is 9.87. The number of hydrogen-bond donors (Lipinski definition) is 1. The molecule has 2 rings (SSSR count). The number of nitrogens with zero attached hydrogens (tertiary/aromatic N) is 4. The molecule has 2 aromatic heterocycles. The van der Waals surface area contributed by atoms with Gasteiger partial charge in [0.2, 0.25) is 0 Å². The lowest BCUT2D eigenvalue weighted by atomic mass is 10.1. The van der Waals surface area contributed by atoms with Crippen LogP contribution in [0.3, 0.4) is 0 Å². The summed E-state index contributed by atoms with van der Waals surface area (Å²) >= 11 is 1.50. The maximum atomic E-state index is 5.74. The molecule has 1 unspecified atom stereocenters. The smallest absolute Gasteiger partial charge is 0.197 e. The van der Waals surface area contributed by atoms with Gasteiger partial charge in [-0.15, -0.1) is 10.2 Å². The van der Waals surface area contributed by atoms with Gasteiger partial charge >= 0.3 is 0 Å². The lowest BCUT2D eigenvalue weighted by Gasteiger charge is -2.05. The third-order valence-electron chi connectivity index (χ3n) is 2.22. The van der Waals surface area contributed by atoms with Crippen molar-refractivity contribution in [1.82, 2.24) is 19.7 Å². The summed E-state index contributed by atoms with van der Waals surface area (Å²) in [5.74, 6) is 0. The Labute approximate surface area is 104 Å². The molecule has 0 aliphatic carbocycles. The van der Waals surface area contributed by atoms with E-state index in [1.54, 1.807) is 6.33 Å². The van der Waals surface area contributed by atoms with Crippen molar-refractivity contribution in [2.75, 3.05) is 0 Å². The first-order chi connectivity index (χ1) is 8.15. The number of pyridine rings is 1. The van der Waals surface area contributed by atoms with Crippen LogP contribution in [0, 0.1) is 0 Å². The van der Waals surface area contributed by atoms with Crippen LogP contribution in [0.5, 0.6) is 0 Å². The van der Waals surface area contributed by atoms with Crippen LogP contribution in [0.25, 0.3) is 0 Å². The SMILES string of the molecule is CC(N)Cc1ccc(Sc2nncn2C)nc1. The molecule has 0 saturated heterocycles. The molecule has 1 atom stereocenters. The summed E-state index contributed by atoms with van der Waals surface area (Å²) in [6, 6.07) is 4.20. The molecular formula is C11H15N5S. The van der Waals surface area contributed by atoms with Gasteiger partial charge in [-0.25, -0.2) is 4.98 Å². The maximum absolute atomic E-state index is 5.74. The van der Waals surface area contributed by atoms with Crippen molar-refractivity contribution in [3.8, 4) is 0 Å². The van der Waals surface area contributed by atoms with Crippen LogP contribution in [0.4, 0.5) is 0 Å². The summed E-state index contributed by atoms with van der Waals surface area (Å²) in [5, 5.41) is 9.56. The summed E-state index contributed by atoms with van der Waals surface area (Å²) in [5.41, 5.74) is 6.89. The van der Waals surface area contributed by atoms with Gasteiger partial charge in [-0.1, -0.05) is 6.07 Å². The highest BCUT2D eigenvalue weighted by atomic mass is 32.2. The summed E-state index contributed by atoms with van der Waals surface area (Å²) in [6.45, 7) is 1.99. The van der Waals surface area contributed by atoms with Crippen molar-refractivity contribution in [2.45, 2.75) is 29.6 Å². The first-order valence-electron chi connectivity index (χ1n) is 5.37. The fourth-order valence-electron chi connectivity index (χ4n) is 1.42. The van der Waals surface area contributed by atoms with Gasteiger partial charge in [-0.3, -0.25) is 0 Å². The van der Waals surface area contributed by atoms with E-state index in [-0.39, 0.29) is 6.04 Å². The van der Waals surface area contributed by atoms with E-state index in [0.29, 0.717) is 0 Å². The van der Waals surface area contributed by atoms with Gasteiger partial charge in [0.25, 0.3) is 0 Å². The zero-order valence-corrected chi connectivity index (χ0v) is 10.7. The zero-order chi connectivity index (χ0) is 12.3. The maximum Gasteiger partial charge on any atom is 0.197 e. The first-order valence-corrected chi connectivity index (χ1v) is 6.19. The largest absolute Gasteiger partial charge is 0.328 e. The second kappa shape index (κ2) is 5.29. The van der Waals surface area contributed by atoms with Gasteiger partial charge in [0.15, 0.2) is 5.16 Å². The normalized spacial score (nSPS) is 12.6. The molecule has 0 spiro atoms. The fourth-order valence-corrected chi connectivity index (χ4v) is 2.13. The third kappa shape index (κ3) is 3.28. The summed E-state index contributed by atoms with van der Waals surface area (Å²) < 4.78 is 1.86. The van der Waals surface area contributed by atoms with Crippen molar-refractivity contribution in [2.24, 2.45) is 12.8 Å². The fraction of sp³-hybridized carbons (Fsp3) is 0.364. The number of aromatic nitrogens is 4. The lowest BCUT2D eigenvalue weighted by Crippen LogP contribution is -2.17. The molecule has 2 N–H and O–H groups in total. The molecule has 5 nitrogen and oxygen atoms in total. The van der Waals surface area contributed by atoms with Crippen molar-refractivity contribution in [1.29, 1.82) is 0 Å². The van der Waals surface area contributed by atoms with Crippen molar-refractivity contribution < 1.29 is 0 Å². The Morgan fingerprint density at radius 2 is 2.29 bits per heavy atom. The van der Waals surface area contributed by atoms with Crippen molar-refractivity contribution >= 4 is 11.8 Å². The molecule has 0 radical (unpaired) electrons. The Morgan fingerprint density at radius 1 is 1.47 bits per heavy atom. The number of aryl methyl sites for hydroxylation is 1. The van der Waals surface area contributed by atoms with E-state index in [1.807, 2.05) is 30.8 Å². The molecule has 2 aromatic rings. The molecule has 0 fully saturated rings. The minimum atomic E-state index is 0.161.